The van der Waals surface area contributed by atoms with Crippen LogP contribution in [0.25, 0.3) is 0 Å². The second-order valence-corrected chi connectivity index (χ2v) is 10.5. The summed E-state index contributed by atoms with van der Waals surface area (Å²) in [7, 11) is 0. The Morgan fingerprint density at radius 1 is 0.957 bits per heavy atom. The lowest BCUT2D eigenvalue weighted by molar-refractivity contribution is 0.0510. The Labute approximate surface area is 274 Å². The van der Waals surface area contributed by atoms with Gasteiger partial charge in [-0.25, -0.2) is 4.79 Å². The van der Waals surface area contributed by atoms with Gasteiger partial charge in [-0.05, 0) is 77.6 Å². The molecule has 1 aromatic carbocycles. The Morgan fingerprint density at radius 3 is 2.30 bits per heavy atom. The Bertz CT molecular complexity index is 1440. The maximum Gasteiger partial charge on any atom is 0.356 e. The number of anilines is 2. The molecule has 2 amide bonds. The molecule has 1 atom stereocenters. The number of amides is 2. The SMILES string of the molecule is CC.CC.CCCN1c2ccc(C(N)=O)cc2NC1NC(=O)c1cc(C)nn1CCCCCc1c(C)nn(CC)c1C(=O)OCC. The fraction of sp³-hybridized carbons (Fsp3) is 0.559. The van der Waals surface area contributed by atoms with Crippen LogP contribution in [-0.4, -0.2) is 56.8 Å². The van der Waals surface area contributed by atoms with Gasteiger partial charge in [0.2, 0.25) is 5.91 Å². The van der Waals surface area contributed by atoms with Crippen molar-refractivity contribution < 1.29 is 19.1 Å². The van der Waals surface area contributed by atoms with Crippen LogP contribution in [0.3, 0.4) is 0 Å². The molecule has 4 rings (SSSR count). The molecule has 1 aliphatic heterocycles. The van der Waals surface area contributed by atoms with E-state index in [1.165, 1.54) is 0 Å². The van der Waals surface area contributed by atoms with Crippen molar-refractivity contribution in [2.45, 2.75) is 114 Å². The van der Waals surface area contributed by atoms with Gasteiger partial charge in [0.1, 0.15) is 11.4 Å². The first kappa shape index (κ1) is 37.8. The minimum Gasteiger partial charge on any atom is -0.461 e. The first-order chi connectivity index (χ1) is 22.2. The van der Waals surface area contributed by atoms with E-state index in [0.29, 0.717) is 43.2 Å². The molecule has 3 heterocycles. The van der Waals surface area contributed by atoms with Crippen LogP contribution in [0.15, 0.2) is 24.3 Å². The third-order valence-corrected chi connectivity index (χ3v) is 7.38. The lowest BCUT2D eigenvalue weighted by Gasteiger charge is -2.27. The van der Waals surface area contributed by atoms with Crippen molar-refractivity contribution in [1.29, 1.82) is 0 Å². The van der Waals surface area contributed by atoms with Gasteiger partial charge in [0.15, 0.2) is 6.29 Å². The van der Waals surface area contributed by atoms with Crippen molar-refractivity contribution in [2.24, 2.45) is 5.73 Å². The Balaban J connectivity index is 0.00000177. The van der Waals surface area contributed by atoms with E-state index in [9.17, 15) is 14.4 Å². The summed E-state index contributed by atoms with van der Waals surface area (Å²) in [5, 5.41) is 15.5. The molecule has 1 aliphatic rings. The van der Waals surface area contributed by atoms with Gasteiger partial charge in [-0.15, -0.1) is 0 Å². The normalized spacial score (nSPS) is 13.1. The number of hydrogen-bond donors (Lipinski definition) is 3. The maximum absolute atomic E-state index is 13.4. The number of nitrogens with zero attached hydrogens (tertiary/aromatic N) is 5. The lowest BCUT2D eigenvalue weighted by atomic mass is 10.0. The highest BCUT2D eigenvalue weighted by Crippen LogP contribution is 2.34. The Morgan fingerprint density at radius 2 is 1.67 bits per heavy atom. The molecule has 0 bridgehead atoms. The molecule has 254 valence electrons. The average molecular weight is 639 g/mol. The van der Waals surface area contributed by atoms with Crippen LogP contribution < -0.4 is 21.3 Å². The predicted octanol–water partition coefficient (Wildman–Crippen LogP) is 5.81. The number of carbonyl (C=O) groups is 3. The molecule has 3 aromatic rings. The molecule has 0 saturated carbocycles. The van der Waals surface area contributed by atoms with Gasteiger partial charge in [0.25, 0.3) is 5.91 Å². The minimum absolute atomic E-state index is 0.237. The summed E-state index contributed by atoms with van der Waals surface area (Å²) in [6, 6.07) is 7.05. The molecule has 46 heavy (non-hydrogen) atoms. The fourth-order valence-corrected chi connectivity index (χ4v) is 5.44. The second kappa shape index (κ2) is 18.6. The van der Waals surface area contributed by atoms with Crippen LogP contribution in [0.5, 0.6) is 0 Å². The van der Waals surface area contributed by atoms with E-state index in [4.69, 9.17) is 10.5 Å². The summed E-state index contributed by atoms with van der Waals surface area (Å²) in [5.41, 5.74) is 11.1. The van der Waals surface area contributed by atoms with Gasteiger partial charge in [-0.1, -0.05) is 41.0 Å². The van der Waals surface area contributed by atoms with Crippen LogP contribution in [0.2, 0.25) is 0 Å². The van der Waals surface area contributed by atoms with Crippen molar-refractivity contribution >= 4 is 29.2 Å². The lowest BCUT2D eigenvalue weighted by Crippen LogP contribution is -2.50. The van der Waals surface area contributed by atoms with Crippen LogP contribution in [0.4, 0.5) is 11.4 Å². The summed E-state index contributed by atoms with van der Waals surface area (Å²) in [5.74, 6) is -1.07. The third kappa shape index (κ3) is 9.11. The third-order valence-electron chi connectivity index (χ3n) is 7.38. The number of nitrogens with one attached hydrogen (secondary N) is 2. The van der Waals surface area contributed by atoms with Crippen molar-refractivity contribution in [3.8, 4) is 0 Å². The quantitative estimate of drug-likeness (QED) is 0.148. The number of fused-ring (bicyclic) bond motifs is 1. The van der Waals surface area contributed by atoms with E-state index in [1.54, 1.807) is 34.5 Å². The number of unbranched alkanes of at least 4 members (excludes halogenated alkanes) is 2. The first-order valence-electron chi connectivity index (χ1n) is 16.7. The van der Waals surface area contributed by atoms with E-state index >= 15 is 0 Å². The van der Waals surface area contributed by atoms with E-state index in [-0.39, 0.29) is 11.9 Å². The molecule has 12 heteroatoms. The zero-order valence-corrected chi connectivity index (χ0v) is 29.2. The first-order valence-corrected chi connectivity index (χ1v) is 16.7. The monoisotopic (exact) mass is 638 g/mol. The number of aromatic nitrogens is 4. The highest BCUT2D eigenvalue weighted by atomic mass is 16.5. The van der Waals surface area contributed by atoms with Crippen molar-refractivity contribution in [3.63, 3.8) is 0 Å². The average Bonchev–Trinajstić information content (AvgIpc) is 3.70. The molecule has 0 spiro atoms. The topological polar surface area (TPSA) is 149 Å². The van der Waals surface area contributed by atoms with Crippen molar-refractivity contribution in [2.75, 3.05) is 23.4 Å². The molecule has 0 radical (unpaired) electrons. The van der Waals surface area contributed by atoms with Gasteiger partial charge in [0, 0.05) is 30.8 Å². The number of benzene rings is 1. The standard InChI is InChI=1S/C30H42N8O4.2C2H6/c1-6-15-36-24-14-13-21(27(31)39)18-23(24)32-30(36)33-28(40)25-17-19(4)34-38(25)16-11-9-10-12-22-20(5)35-37(7-2)26(22)29(41)42-8-3;2*1-2/h13-14,17-18,30,32H,6-12,15-16H2,1-5H3,(H2,31,39)(H,33,40);2*1-2H3. The van der Waals surface area contributed by atoms with Crippen LogP contribution in [0.1, 0.15) is 122 Å². The molecular formula is C34H54N8O4. The molecule has 0 saturated heterocycles. The fourth-order valence-electron chi connectivity index (χ4n) is 5.44. The minimum atomic E-state index is -0.501. The van der Waals surface area contributed by atoms with Crippen LogP contribution in [-0.2, 0) is 24.2 Å². The van der Waals surface area contributed by atoms with Crippen LogP contribution >= 0.6 is 0 Å². The number of nitrogens with two attached hydrogens (primary N) is 1. The predicted molar refractivity (Wildman–Crippen MR) is 183 cm³/mol. The molecule has 0 fully saturated rings. The zero-order chi connectivity index (χ0) is 34.4. The molecule has 1 unspecified atom stereocenters. The molecule has 4 N–H and O–H groups in total. The number of esters is 1. The molecule has 0 aliphatic carbocycles. The van der Waals surface area contributed by atoms with Gasteiger partial charge in [0.05, 0.1) is 29.4 Å². The van der Waals surface area contributed by atoms with E-state index in [0.717, 1.165) is 60.4 Å². The number of primary amides is 1. The van der Waals surface area contributed by atoms with E-state index in [2.05, 4.69) is 32.7 Å². The van der Waals surface area contributed by atoms with Gasteiger partial charge in [-0.2, -0.15) is 10.2 Å². The van der Waals surface area contributed by atoms with Crippen molar-refractivity contribution in [1.82, 2.24) is 24.9 Å². The van der Waals surface area contributed by atoms with E-state index < -0.39 is 12.2 Å². The Hall–Kier alpha value is -4.35. The highest BCUT2D eigenvalue weighted by Gasteiger charge is 2.31. The summed E-state index contributed by atoms with van der Waals surface area (Å²) in [6.45, 7) is 19.9. The Kier molecular flexibility index (Phi) is 15.3. The number of rotatable bonds is 14. The molecular weight excluding hydrogens is 584 g/mol. The summed E-state index contributed by atoms with van der Waals surface area (Å²) >= 11 is 0. The number of ether oxygens (including phenoxy) is 1. The number of carbonyl (C=O) groups excluding carboxylic acids is 3. The number of hydrogen-bond acceptors (Lipinski definition) is 8. The molecule has 12 nitrogen and oxygen atoms in total. The number of aryl methyl sites for hydroxylation is 4. The van der Waals surface area contributed by atoms with E-state index in [1.807, 2.05) is 54.5 Å². The summed E-state index contributed by atoms with van der Waals surface area (Å²) < 4.78 is 8.75. The zero-order valence-electron chi connectivity index (χ0n) is 29.2. The van der Waals surface area contributed by atoms with Crippen LogP contribution in [0, 0.1) is 13.8 Å². The van der Waals surface area contributed by atoms with Gasteiger partial charge >= 0.3 is 5.97 Å². The summed E-state index contributed by atoms with van der Waals surface area (Å²) in [6.07, 6.45) is 3.72. The maximum atomic E-state index is 13.4. The van der Waals surface area contributed by atoms with Gasteiger partial charge < -0.3 is 26.0 Å². The summed E-state index contributed by atoms with van der Waals surface area (Å²) in [4.78, 5) is 39.7. The van der Waals surface area contributed by atoms with Crippen molar-refractivity contribution in [3.05, 3.63) is 58.2 Å². The largest absolute Gasteiger partial charge is 0.461 e. The van der Waals surface area contributed by atoms with Gasteiger partial charge in [-0.3, -0.25) is 19.0 Å². The second-order valence-electron chi connectivity index (χ2n) is 10.5. The smallest absolute Gasteiger partial charge is 0.356 e. The molecule has 2 aromatic heterocycles. The highest BCUT2D eigenvalue weighted by molar-refractivity contribution is 5.97.